The number of nitrogens with zero attached hydrogens (tertiary/aromatic N) is 2. The van der Waals surface area contributed by atoms with Crippen molar-refractivity contribution in [2.24, 2.45) is 5.41 Å². The minimum absolute atomic E-state index is 0.330. The van der Waals surface area contributed by atoms with Crippen molar-refractivity contribution in [3.8, 4) is 11.4 Å². The van der Waals surface area contributed by atoms with Crippen LogP contribution in [0.2, 0.25) is 0 Å². The molecular weight excluding hydrogens is 518 g/mol. The molecule has 0 aliphatic rings. The second-order valence-corrected chi connectivity index (χ2v) is 12.8. The molecule has 5 nitrogen and oxygen atoms in total. The molecule has 0 aliphatic carbocycles. The average Bonchev–Trinajstić information content (AvgIpc) is 3.36. The molecule has 236 valence electrons. The predicted molar refractivity (Wildman–Crippen MR) is 183 cm³/mol. The van der Waals surface area contributed by atoms with E-state index in [1.54, 1.807) is 6.92 Å². The Balaban J connectivity index is 0.000000587. The SMILES string of the molecule is CC(C)(C)C.CCCCCCCC(C)=O.CCCCN(C=O)CCC.Cc1ccc(C)c(-c2nc3ccccc3[nH]2)c1. The lowest BCUT2D eigenvalue weighted by molar-refractivity contribution is -0.118. The predicted octanol–water partition coefficient (Wildman–Crippen LogP) is 10.5. The van der Waals surface area contributed by atoms with Crippen molar-refractivity contribution in [1.82, 2.24) is 14.9 Å². The van der Waals surface area contributed by atoms with Gasteiger partial charge in [0.15, 0.2) is 0 Å². The molecule has 3 rings (SSSR count). The zero-order valence-corrected chi connectivity index (χ0v) is 28.6. The summed E-state index contributed by atoms with van der Waals surface area (Å²) >= 11 is 0. The van der Waals surface area contributed by atoms with E-state index in [0.29, 0.717) is 11.2 Å². The summed E-state index contributed by atoms with van der Waals surface area (Å²) in [4.78, 5) is 30.6. The van der Waals surface area contributed by atoms with E-state index >= 15 is 0 Å². The molecule has 0 radical (unpaired) electrons. The number of nitrogens with one attached hydrogen (secondary N) is 1. The quantitative estimate of drug-likeness (QED) is 0.162. The number of unbranched alkanes of at least 4 members (excludes halogenated alkanes) is 5. The van der Waals surface area contributed by atoms with E-state index in [9.17, 15) is 9.59 Å². The molecule has 1 N–H and O–H groups in total. The highest BCUT2D eigenvalue weighted by molar-refractivity contribution is 5.80. The number of carbonyl (C=O) groups is 2. The van der Waals surface area contributed by atoms with E-state index in [1.165, 1.54) is 42.4 Å². The fourth-order valence-electron chi connectivity index (χ4n) is 3.91. The summed E-state index contributed by atoms with van der Waals surface area (Å²) in [6.45, 7) is 22.9. The van der Waals surface area contributed by atoms with Crippen LogP contribution in [0.25, 0.3) is 22.4 Å². The van der Waals surface area contributed by atoms with Gasteiger partial charge in [0.25, 0.3) is 0 Å². The number of carbonyl (C=O) groups excluding carboxylic acids is 2. The molecule has 0 unspecified atom stereocenters. The molecule has 42 heavy (non-hydrogen) atoms. The number of hydrogen-bond donors (Lipinski definition) is 1. The number of Topliss-reactive ketones (excluding diaryl/α,β-unsaturated/α-hetero) is 1. The lowest BCUT2D eigenvalue weighted by Crippen LogP contribution is -2.23. The second-order valence-electron chi connectivity index (χ2n) is 12.8. The normalized spacial score (nSPS) is 10.4. The van der Waals surface area contributed by atoms with Crippen molar-refractivity contribution >= 4 is 23.2 Å². The Labute approximate surface area is 257 Å². The van der Waals surface area contributed by atoms with Gasteiger partial charge in [0.05, 0.1) is 11.0 Å². The summed E-state index contributed by atoms with van der Waals surface area (Å²) in [5.74, 6) is 1.28. The summed E-state index contributed by atoms with van der Waals surface area (Å²) in [7, 11) is 0. The number of aromatic amines is 1. The molecule has 1 amide bonds. The maximum absolute atomic E-state index is 10.5. The molecule has 0 saturated carbocycles. The molecule has 5 heteroatoms. The van der Waals surface area contributed by atoms with Gasteiger partial charge >= 0.3 is 0 Å². The van der Waals surface area contributed by atoms with E-state index < -0.39 is 0 Å². The summed E-state index contributed by atoms with van der Waals surface area (Å²) in [6.07, 6.45) is 11.3. The first-order valence-corrected chi connectivity index (χ1v) is 16.1. The van der Waals surface area contributed by atoms with Gasteiger partial charge in [-0.2, -0.15) is 0 Å². The number of aromatic nitrogens is 2. The van der Waals surface area contributed by atoms with Crippen LogP contribution >= 0.6 is 0 Å². The van der Waals surface area contributed by atoms with Gasteiger partial charge in [0, 0.05) is 25.1 Å². The number of amides is 1. The van der Waals surface area contributed by atoms with Crippen molar-refractivity contribution in [3.63, 3.8) is 0 Å². The number of fused-ring (bicyclic) bond motifs is 1. The van der Waals surface area contributed by atoms with Crippen molar-refractivity contribution in [2.45, 2.75) is 127 Å². The lowest BCUT2D eigenvalue weighted by atomic mass is 10.0. The number of imidazole rings is 1. The second kappa shape index (κ2) is 22.6. The Morgan fingerprint density at radius 1 is 0.857 bits per heavy atom. The van der Waals surface area contributed by atoms with E-state index in [4.69, 9.17) is 0 Å². The fourth-order valence-corrected chi connectivity index (χ4v) is 3.91. The highest BCUT2D eigenvalue weighted by Crippen LogP contribution is 2.24. The highest BCUT2D eigenvalue weighted by atomic mass is 16.1. The summed E-state index contributed by atoms with van der Waals surface area (Å²) in [5, 5.41) is 0. The van der Waals surface area contributed by atoms with Crippen LogP contribution in [0, 0.1) is 19.3 Å². The van der Waals surface area contributed by atoms with Crippen LogP contribution in [0.5, 0.6) is 0 Å². The smallest absolute Gasteiger partial charge is 0.209 e. The monoisotopic (exact) mass is 579 g/mol. The van der Waals surface area contributed by atoms with Crippen molar-refractivity contribution < 1.29 is 9.59 Å². The molecule has 3 aromatic rings. The van der Waals surface area contributed by atoms with Crippen molar-refractivity contribution in [3.05, 3.63) is 53.6 Å². The van der Waals surface area contributed by atoms with Crippen LogP contribution in [-0.4, -0.2) is 40.2 Å². The molecule has 0 spiro atoms. The standard InChI is InChI=1S/C15H14N2.C9H18O.C8H17NO.C5H12/c1-10-7-8-11(2)12(9-10)15-16-13-5-3-4-6-14(13)17-15;1-3-4-5-6-7-8-9(2)10;1-3-5-7-9(8-10)6-4-2;1-5(2,3)4/h3-9H,1-2H3,(H,16,17);3-8H2,1-2H3;8H,3-7H2,1-2H3;1-4H3. The van der Waals surface area contributed by atoms with Gasteiger partial charge in [-0.3, -0.25) is 4.79 Å². The Kier molecular flexibility index (Phi) is 21.0. The Morgan fingerprint density at radius 2 is 1.48 bits per heavy atom. The van der Waals surface area contributed by atoms with Crippen LogP contribution in [-0.2, 0) is 9.59 Å². The van der Waals surface area contributed by atoms with Gasteiger partial charge in [0.2, 0.25) is 6.41 Å². The van der Waals surface area contributed by atoms with Crippen LogP contribution in [0.15, 0.2) is 42.5 Å². The van der Waals surface area contributed by atoms with Crippen LogP contribution in [0.1, 0.15) is 124 Å². The molecular formula is C37H61N3O2. The van der Waals surface area contributed by atoms with Gasteiger partial charge in [-0.15, -0.1) is 0 Å². The number of aryl methyl sites for hydroxylation is 2. The first kappa shape index (κ1) is 39.0. The van der Waals surface area contributed by atoms with E-state index in [0.717, 1.165) is 68.5 Å². The molecule has 0 atom stereocenters. The summed E-state index contributed by atoms with van der Waals surface area (Å²) < 4.78 is 0. The minimum atomic E-state index is 0.330. The zero-order valence-electron chi connectivity index (χ0n) is 28.6. The zero-order chi connectivity index (χ0) is 32.0. The molecule has 1 heterocycles. The summed E-state index contributed by atoms with van der Waals surface area (Å²) in [5.41, 5.74) is 6.29. The van der Waals surface area contributed by atoms with Gasteiger partial charge < -0.3 is 14.7 Å². The van der Waals surface area contributed by atoms with Gasteiger partial charge in [0.1, 0.15) is 11.6 Å². The molecule has 0 bridgehead atoms. The summed E-state index contributed by atoms with van der Waals surface area (Å²) in [6, 6.07) is 14.5. The van der Waals surface area contributed by atoms with Crippen molar-refractivity contribution in [1.29, 1.82) is 0 Å². The maximum Gasteiger partial charge on any atom is 0.209 e. The maximum atomic E-state index is 10.5. The van der Waals surface area contributed by atoms with E-state index in [2.05, 4.69) is 96.5 Å². The first-order chi connectivity index (χ1) is 19.9. The molecule has 0 fully saturated rings. The number of ketones is 1. The van der Waals surface area contributed by atoms with Gasteiger partial charge in [-0.25, -0.2) is 4.98 Å². The molecule has 2 aromatic carbocycles. The third-order valence-electron chi connectivity index (χ3n) is 6.13. The highest BCUT2D eigenvalue weighted by Gasteiger charge is 2.07. The number of hydrogen-bond acceptors (Lipinski definition) is 3. The van der Waals surface area contributed by atoms with Crippen LogP contribution in [0.3, 0.4) is 0 Å². The third-order valence-corrected chi connectivity index (χ3v) is 6.13. The molecule has 0 saturated heterocycles. The number of benzene rings is 2. The van der Waals surface area contributed by atoms with Gasteiger partial charge in [-0.05, 0) is 69.2 Å². The van der Waals surface area contributed by atoms with Crippen LogP contribution in [0.4, 0.5) is 0 Å². The average molecular weight is 580 g/mol. The van der Waals surface area contributed by atoms with Crippen LogP contribution < -0.4 is 0 Å². The number of rotatable bonds is 13. The fraction of sp³-hybridized carbons (Fsp3) is 0.595. The molecule has 0 aliphatic heterocycles. The number of para-hydroxylation sites is 2. The Bertz CT molecular complexity index is 1090. The molecule has 1 aromatic heterocycles. The third kappa shape index (κ3) is 20.0. The van der Waals surface area contributed by atoms with Gasteiger partial charge in [-0.1, -0.05) is 110 Å². The lowest BCUT2D eigenvalue weighted by Gasteiger charge is -2.14. The Hall–Kier alpha value is -2.95. The largest absolute Gasteiger partial charge is 0.345 e. The topological polar surface area (TPSA) is 66.1 Å². The van der Waals surface area contributed by atoms with E-state index in [-0.39, 0.29) is 0 Å². The number of H-pyrrole nitrogens is 1. The van der Waals surface area contributed by atoms with E-state index in [1.807, 2.05) is 23.1 Å². The Morgan fingerprint density at radius 3 is 2.02 bits per heavy atom. The first-order valence-electron chi connectivity index (χ1n) is 16.1. The van der Waals surface area contributed by atoms with Crippen molar-refractivity contribution in [2.75, 3.05) is 13.1 Å². The minimum Gasteiger partial charge on any atom is -0.345 e.